The Labute approximate surface area is 166 Å². The number of amides is 1. The van der Waals surface area contributed by atoms with Crippen molar-refractivity contribution in [2.75, 3.05) is 13.2 Å². The minimum Gasteiger partial charge on any atom is -0.508 e. The van der Waals surface area contributed by atoms with E-state index in [1.807, 2.05) is 6.92 Å². The molecule has 1 aliphatic heterocycles. The number of phenolic OH excluding ortho intramolecular Hbond substituents is 1. The summed E-state index contributed by atoms with van der Waals surface area (Å²) in [6, 6.07) is 10.7. The molecule has 0 saturated carbocycles. The first kappa shape index (κ1) is 19.1. The summed E-state index contributed by atoms with van der Waals surface area (Å²) in [7, 11) is 0. The summed E-state index contributed by atoms with van der Waals surface area (Å²) in [6.45, 7) is 2.90. The highest BCUT2D eigenvalue weighted by molar-refractivity contribution is 5.96. The van der Waals surface area contributed by atoms with Crippen LogP contribution in [0.3, 0.4) is 0 Å². The fourth-order valence-electron chi connectivity index (χ4n) is 3.28. The largest absolute Gasteiger partial charge is 0.508 e. The molecule has 1 unspecified atom stereocenters. The Morgan fingerprint density at radius 1 is 1.28 bits per heavy atom. The number of ether oxygens (including phenoxy) is 1. The second kappa shape index (κ2) is 8.05. The van der Waals surface area contributed by atoms with E-state index in [0.29, 0.717) is 24.1 Å². The second-order valence-corrected chi connectivity index (χ2v) is 7.10. The van der Waals surface area contributed by atoms with Gasteiger partial charge in [0.15, 0.2) is 0 Å². The number of carbonyl (C=O) groups excluding carboxylic acids is 1. The molecule has 0 aliphatic carbocycles. The molecule has 1 aromatic heterocycles. The van der Waals surface area contributed by atoms with Crippen LogP contribution in [0.15, 0.2) is 51.9 Å². The maximum atomic E-state index is 14.2. The Balaban J connectivity index is 1.79. The number of hydrogen-bond donors (Lipinski definition) is 2. The van der Waals surface area contributed by atoms with Crippen molar-refractivity contribution in [3.63, 3.8) is 0 Å². The lowest BCUT2D eigenvalue weighted by molar-refractivity contribution is 0.0854. The zero-order valence-electron chi connectivity index (χ0n) is 15.9. The van der Waals surface area contributed by atoms with E-state index < -0.39 is 5.82 Å². The SMILES string of the molecule is Cc1ccc(F)c(N=c2oc3cc(O)ccc3cc2C(=O)NCC2CCCO2)c1. The van der Waals surface area contributed by atoms with Crippen molar-refractivity contribution in [1.29, 1.82) is 0 Å². The number of carbonyl (C=O) groups is 1. The second-order valence-electron chi connectivity index (χ2n) is 7.10. The summed E-state index contributed by atoms with van der Waals surface area (Å²) < 4.78 is 25.5. The van der Waals surface area contributed by atoms with Crippen LogP contribution >= 0.6 is 0 Å². The van der Waals surface area contributed by atoms with Crippen LogP contribution in [0.1, 0.15) is 28.8 Å². The lowest BCUT2D eigenvalue weighted by atomic mass is 10.1. The predicted molar refractivity (Wildman–Crippen MR) is 106 cm³/mol. The van der Waals surface area contributed by atoms with E-state index in [1.165, 1.54) is 18.2 Å². The molecule has 6 nitrogen and oxygen atoms in total. The molecule has 0 bridgehead atoms. The van der Waals surface area contributed by atoms with Crippen LogP contribution in [0.25, 0.3) is 11.0 Å². The molecule has 1 atom stereocenters. The molecule has 1 aliphatic rings. The molecular formula is C22H21FN2O4. The standard InChI is InChI=1S/C22H21FN2O4/c1-13-4-7-18(23)19(9-13)25-22-17(21(27)24-12-16-3-2-8-28-16)10-14-5-6-15(26)11-20(14)29-22/h4-7,9-11,16,26H,2-3,8,12H2,1H3,(H,24,27). The minimum atomic E-state index is -0.521. The molecule has 7 heteroatoms. The normalized spacial score (nSPS) is 17.0. The summed E-state index contributed by atoms with van der Waals surface area (Å²) in [4.78, 5) is 17.1. The molecule has 2 heterocycles. The molecular weight excluding hydrogens is 375 g/mol. The molecule has 0 spiro atoms. The molecule has 1 amide bonds. The molecule has 2 N–H and O–H groups in total. The molecule has 2 aromatic carbocycles. The van der Waals surface area contributed by atoms with Gasteiger partial charge in [-0.25, -0.2) is 9.38 Å². The average molecular weight is 396 g/mol. The molecule has 150 valence electrons. The van der Waals surface area contributed by atoms with Gasteiger partial charge < -0.3 is 19.6 Å². The maximum absolute atomic E-state index is 14.2. The molecule has 1 saturated heterocycles. The van der Waals surface area contributed by atoms with Crippen molar-refractivity contribution in [3.05, 3.63) is 65.0 Å². The van der Waals surface area contributed by atoms with Gasteiger partial charge in [-0.05, 0) is 55.7 Å². The molecule has 0 radical (unpaired) electrons. The number of halogens is 1. The van der Waals surface area contributed by atoms with E-state index >= 15 is 0 Å². The van der Waals surface area contributed by atoms with Gasteiger partial charge in [0.25, 0.3) is 5.91 Å². The van der Waals surface area contributed by atoms with E-state index in [-0.39, 0.29) is 34.6 Å². The molecule has 29 heavy (non-hydrogen) atoms. The summed E-state index contributed by atoms with van der Waals surface area (Å²) in [5.74, 6) is -0.886. The van der Waals surface area contributed by atoms with Crippen LogP contribution in [-0.2, 0) is 4.74 Å². The van der Waals surface area contributed by atoms with Gasteiger partial charge in [-0.15, -0.1) is 0 Å². The first-order valence-electron chi connectivity index (χ1n) is 9.47. The van der Waals surface area contributed by atoms with Crippen LogP contribution < -0.4 is 10.9 Å². The lowest BCUT2D eigenvalue weighted by Gasteiger charge is -2.11. The van der Waals surface area contributed by atoms with Crippen molar-refractivity contribution in [3.8, 4) is 5.75 Å². The highest BCUT2D eigenvalue weighted by Gasteiger charge is 2.19. The lowest BCUT2D eigenvalue weighted by Crippen LogP contribution is -2.34. The summed E-state index contributed by atoms with van der Waals surface area (Å²) in [6.07, 6.45) is 1.86. The Hall–Kier alpha value is -3.19. The van der Waals surface area contributed by atoms with Crippen molar-refractivity contribution in [2.24, 2.45) is 4.99 Å². The van der Waals surface area contributed by atoms with Crippen LogP contribution in [0, 0.1) is 12.7 Å². The highest BCUT2D eigenvalue weighted by Crippen LogP contribution is 2.22. The number of rotatable bonds is 4. The first-order valence-corrected chi connectivity index (χ1v) is 9.47. The van der Waals surface area contributed by atoms with Crippen LogP contribution in [0.2, 0.25) is 0 Å². The highest BCUT2D eigenvalue weighted by atomic mass is 19.1. The Kier molecular flexibility index (Phi) is 5.31. The van der Waals surface area contributed by atoms with E-state index in [0.717, 1.165) is 18.4 Å². The van der Waals surface area contributed by atoms with Gasteiger partial charge in [-0.1, -0.05) is 6.07 Å². The van der Waals surface area contributed by atoms with Gasteiger partial charge in [0.05, 0.1) is 6.10 Å². The monoisotopic (exact) mass is 396 g/mol. The van der Waals surface area contributed by atoms with Crippen LogP contribution in [-0.4, -0.2) is 30.3 Å². The number of nitrogens with zero attached hydrogens (tertiary/aromatic N) is 1. The van der Waals surface area contributed by atoms with Crippen LogP contribution in [0.4, 0.5) is 10.1 Å². The van der Waals surface area contributed by atoms with E-state index in [9.17, 15) is 14.3 Å². The summed E-state index contributed by atoms with van der Waals surface area (Å²) in [5.41, 5.74) is 1.39. The summed E-state index contributed by atoms with van der Waals surface area (Å²) in [5, 5.41) is 13.2. The number of benzene rings is 2. The third-order valence-electron chi connectivity index (χ3n) is 4.82. The number of fused-ring (bicyclic) bond motifs is 1. The number of hydrogen-bond acceptors (Lipinski definition) is 5. The molecule has 3 aromatic rings. The number of aromatic hydroxyl groups is 1. The Morgan fingerprint density at radius 3 is 2.93 bits per heavy atom. The molecule has 1 fully saturated rings. The average Bonchev–Trinajstić information content (AvgIpc) is 3.22. The van der Waals surface area contributed by atoms with E-state index in [1.54, 1.807) is 24.3 Å². The van der Waals surface area contributed by atoms with Crippen molar-refractivity contribution in [2.45, 2.75) is 25.9 Å². The van der Waals surface area contributed by atoms with E-state index in [4.69, 9.17) is 9.15 Å². The predicted octanol–water partition coefficient (Wildman–Crippen LogP) is 3.73. The van der Waals surface area contributed by atoms with Crippen LogP contribution in [0.5, 0.6) is 5.75 Å². The van der Waals surface area contributed by atoms with Gasteiger partial charge in [0.1, 0.15) is 28.4 Å². The van der Waals surface area contributed by atoms with Crippen molar-refractivity contribution >= 4 is 22.6 Å². The third-order valence-corrected chi connectivity index (χ3v) is 4.82. The fourth-order valence-corrected chi connectivity index (χ4v) is 3.28. The van der Waals surface area contributed by atoms with Gasteiger partial charge >= 0.3 is 0 Å². The third kappa shape index (κ3) is 4.30. The van der Waals surface area contributed by atoms with Gasteiger partial charge in [0, 0.05) is 24.6 Å². The first-order chi connectivity index (χ1) is 14.0. The van der Waals surface area contributed by atoms with Gasteiger partial charge in [-0.2, -0.15) is 0 Å². The molecule has 4 rings (SSSR count). The maximum Gasteiger partial charge on any atom is 0.256 e. The van der Waals surface area contributed by atoms with Crippen molar-refractivity contribution < 1.29 is 23.4 Å². The number of aryl methyl sites for hydroxylation is 1. The number of phenols is 1. The minimum absolute atomic E-state index is 0.0112. The van der Waals surface area contributed by atoms with Crippen molar-refractivity contribution in [1.82, 2.24) is 5.32 Å². The Morgan fingerprint density at radius 2 is 2.14 bits per heavy atom. The smallest absolute Gasteiger partial charge is 0.256 e. The van der Waals surface area contributed by atoms with Gasteiger partial charge in [-0.3, -0.25) is 4.79 Å². The number of nitrogens with one attached hydrogen (secondary N) is 1. The quantitative estimate of drug-likeness (QED) is 0.704. The fraction of sp³-hybridized carbons (Fsp3) is 0.273. The zero-order valence-corrected chi connectivity index (χ0v) is 15.9. The Bertz CT molecular complexity index is 1130. The van der Waals surface area contributed by atoms with Gasteiger partial charge in [0.2, 0.25) is 5.55 Å². The van der Waals surface area contributed by atoms with E-state index in [2.05, 4.69) is 10.3 Å². The zero-order chi connectivity index (χ0) is 20.4. The summed E-state index contributed by atoms with van der Waals surface area (Å²) >= 11 is 0. The topological polar surface area (TPSA) is 84.1 Å².